The fourth-order valence-electron chi connectivity index (χ4n) is 5.01. The molecule has 0 aliphatic carbocycles. The van der Waals surface area contributed by atoms with Crippen LogP contribution in [0.15, 0.2) is 49.1 Å². The summed E-state index contributed by atoms with van der Waals surface area (Å²) in [5.41, 5.74) is 0. The number of imide groups is 2. The molecule has 0 saturated carbocycles. The summed E-state index contributed by atoms with van der Waals surface area (Å²) in [7, 11) is 0. The summed E-state index contributed by atoms with van der Waals surface area (Å²) in [6.45, 7) is 9.95. The van der Waals surface area contributed by atoms with Crippen molar-refractivity contribution in [2.45, 2.75) is 58.5 Å². The lowest BCUT2D eigenvalue weighted by molar-refractivity contribution is -0.139. The molecule has 0 aromatic rings. The lowest BCUT2D eigenvalue weighted by Crippen LogP contribution is -2.40. The van der Waals surface area contributed by atoms with E-state index in [-0.39, 0.29) is 70.2 Å². The Bertz CT molecular complexity index is 1560. The minimum absolute atomic E-state index is 0.0536. The maximum atomic E-state index is 13.4. The molecule has 58 heavy (non-hydrogen) atoms. The average Bonchev–Trinajstić information content (AvgIpc) is 3.65. The summed E-state index contributed by atoms with van der Waals surface area (Å²) in [5, 5.41) is 14.1. The molecule has 22 nitrogen and oxygen atoms in total. The first-order valence-electron chi connectivity index (χ1n) is 18.1. The molecule has 2 heterocycles. The highest BCUT2D eigenvalue weighted by Crippen LogP contribution is 2.15. The number of ketones is 1. The quantitative estimate of drug-likeness (QED) is 0.0435. The van der Waals surface area contributed by atoms with Gasteiger partial charge in [-0.25, -0.2) is 9.59 Å². The van der Waals surface area contributed by atoms with Crippen molar-refractivity contribution in [1.29, 1.82) is 0 Å². The van der Waals surface area contributed by atoms with Gasteiger partial charge in [0.1, 0.15) is 36.7 Å². The number of hydrogen-bond donors (Lipinski definition) is 6. The third-order valence-corrected chi connectivity index (χ3v) is 7.77. The molecule has 0 fully saturated rings. The SMILES string of the molecule is C=C(NC(=O)CCN1C(=O)C=CC1=O)NC(=O)CC(CC(=O)NC(=C)NC(=O)CCN1C(=O)C=CC1=O)C(=O)CCCOC(COC(=O)NCC)COC(=O)NCC. The van der Waals surface area contributed by atoms with Crippen molar-refractivity contribution in [3.8, 4) is 0 Å². The van der Waals surface area contributed by atoms with E-state index in [9.17, 15) is 52.7 Å². The fraction of sp³-hybridized carbons (Fsp3) is 0.472. The molecule has 0 aromatic heterocycles. The number of rotatable bonds is 26. The van der Waals surface area contributed by atoms with Gasteiger partial charge in [-0.15, -0.1) is 0 Å². The molecule has 2 rings (SSSR count). The standard InChI is InChI=1S/C36H48N8O14/c1-5-37-35(54)57-20-25(21-58-36(55)38-6-2)56-17-7-8-26(45)24(18-29(48)41-22(3)39-27(46)13-15-43-31(50)9-10-32(43)51)19-30(49)42-23(4)40-28(47)14-16-44-33(52)11-12-34(44)53/h9-12,24-25H,3-8,13-21H2,1-2H3,(H,37,54)(H,38,55)(H,39,46)(H,40,47)(H,41,48)(H,42,49). The van der Waals surface area contributed by atoms with Crippen molar-refractivity contribution in [3.05, 3.63) is 49.1 Å². The molecular formula is C36H48N8O14. The smallest absolute Gasteiger partial charge is 0.407 e. The van der Waals surface area contributed by atoms with Crippen LogP contribution in [0.1, 0.15) is 52.4 Å². The van der Waals surface area contributed by atoms with Gasteiger partial charge < -0.3 is 46.1 Å². The van der Waals surface area contributed by atoms with Crippen LogP contribution in [0.3, 0.4) is 0 Å². The Morgan fingerprint density at radius 3 is 1.36 bits per heavy atom. The number of alkyl carbamates (subject to hydrolysis) is 2. The Balaban J connectivity index is 1.99. The molecule has 0 spiro atoms. The molecule has 0 radical (unpaired) electrons. The van der Waals surface area contributed by atoms with Gasteiger partial charge in [-0.2, -0.15) is 0 Å². The Hall–Kier alpha value is -6.71. The lowest BCUT2D eigenvalue weighted by Gasteiger charge is -2.19. The summed E-state index contributed by atoms with van der Waals surface area (Å²) in [5.74, 6) is -7.72. The minimum Gasteiger partial charge on any atom is -0.447 e. The maximum absolute atomic E-state index is 13.4. The molecule has 0 bridgehead atoms. The van der Waals surface area contributed by atoms with Gasteiger partial charge >= 0.3 is 12.2 Å². The summed E-state index contributed by atoms with van der Waals surface area (Å²) < 4.78 is 15.8. The van der Waals surface area contributed by atoms with Crippen LogP contribution in [0, 0.1) is 5.92 Å². The molecule has 22 heteroatoms. The number of carbonyl (C=O) groups is 11. The maximum Gasteiger partial charge on any atom is 0.407 e. The van der Waals surface area contributed by atoms with E-state index in [4.69, 9.17) is 14.2 Å². The van der Waals surface area contributed by atoms with Crippen LogP contribution in [0.5, 0.6) is 0 Å². The summed E-state index contributed by atoms with van der Waals surface area (Å²) in [6, 6.07) is 0. The van der Waals surface area contributed by atoms with Gasteiger partial charge in [0, 0.05) is 95.1 Å². The van der Waals surface area contributed by atoms with Crippen molar-refractivity contribution in [2.75, 3.05) is 46.0 Å². The second-order valence-electron chi connectivity index (χ2n) is 12.4. The molecule has 0 aromatic carbocycles. The number of carbonyl (C=O) groups excluding carboxylic acids is 11. The number of hydrogen-bond acceptors (Lipinski definition) is 14. The predicted molar refractivity (Wildman–Crippen MR) is 199 cm³/mol. The largest absolute Gasteiger partial charge is 0.447 e. The van der Waals surface area contributed by atoms with Crippen LogP contribution < -0.4 is 31.9 Å². The highest BCUT2D eigenvalue weighted by molar-refractivity contribution is 6.13. The Kier molecular flexibility index (Phi) is 20.2. The van der Waals surface area contributed by atoms with Crippen LogP contribution in [0.4, 0.5) is 9.59 Å². The number of amides is 10. The zero-order valence-corrected chi connectivity index (χ0v) is 32.2. The number of Topliss-reactive ketones (excluding diaryl/α,β-unsaturated/α-hetero) is 1. The molecular weight excluding hydrogens is 768 g/mol. The molecule has 2 aliphatic rings. The van der Waals surface area contributed by atoms with Gasteiger partial charge in [-0.1, -0.05) is 13.2 Å². The van der Waals surface area contributed by atoms with Crippen LogP contribution in [-0.4, -0.2) is 127 Å². The number of ether oxygens (including phenoxy) is 3. The van der Waals surface area contributed by atoms with Crippen LogP contribution in [0.2, 0.25) is 0 Å². The Morgan fingerprint density at radius 2 is 0.983 bits per heavy atom. The molecule has 6 N–H and O–H groups in total. The molecule has 0 saturated heterocycles. The first-order valence-corrected chi connectivity index (χ1v) is 18.1. The van der Waals surface area contributed by atoms with Gasteiger partial charge in [0.05, 0.1) is 0 Å². The van der Waals surface area contributed by atoms with Gasteiger partial charge in [-0.3, -0.25) is 53.0 Å². The second kappa shape index (κ2) is 24.7. The van der Waals surface area contributed by atoms with Gasteiger partial charge in [0.2, 0.25) is 23.6 Å². The monoisotopic (exact) mass is 816 g/mol. The summed E-state index contributed by atoms with van der Waals surface area (Å²) in [6.07, 6.45) is -0.0256. The normalized spacial score (nSPS) is 13.1. The van der Waals surface area contributed by atoms with E-state index in [2.05, 4.69) is 45.1 Å². The molecule has 0 unspecified atom stereocenters. The van der Waals surface area contributed by atoms with Crippen molar-refractivity contribution in [3.63, 3.8) is 0 Å². The molecule has 2 aliphatic heterocycles. The predicted octanol–water partition coefficient (Wildman–Crippen LogP) is -1.35. The second-order valence-corrected chi connectivity index (χ2v) is 12.4. The minimum atomic E-state index is -1.26. The van der Waals surface area contributed by atoms with Crippen LogP contribution in [-0.2, 0) is 57.4 Å². The highest BCUT2D eigenvalue weighted by atomic mass is 16.6. The average molecular weight is 817 g/mol. The third kappa shape index (κ3) is 17.8. The topological polar surface area (TPSA) is 294 Å². The first-order chi connectivity index (χ1) is 27.5. The Labute approximate surface area is 333 Å². The molecule has 0 atom stereocenters. The van der Waals surface area contributed by atoms with Crippen molar-refractivity contribution < 1.29 is 67.0 Å². The zero-order valence-electron chi connectivity index (χ0n) is 32.2. The summed E-state index contributed by atoms with van der Waals surface area (Å²) >= 11 is 0. The van der Waals surface area contributed by atoms with Crippen LogP contribution in [0.25, 0.3) is 0 Å². The van der Waals surface area contributed by atoms with Crippen molar-refractivity contribution >= 4 is 65.2 Å². The fourth-order valence-corrected chi connectivity index (χ4v) is 5.01. The third-order valence-electron chi connectivity index (χ3n) is 7.77. The van der Waals surface area contributed by atoms with Crippen molar-refractivity contribution in [1.82, 2.24) is 41.7 Å². The molecule has 316 valence electrons. The van der Waals surface area contributed by atoms with E-state index in [1.165, 1.54) is 0 Å². The summed E-state index contributed by atoms with van der Waals surface area (Å²) in [4.78, 5) is 136. The van der Waals surface area contributed by atoms with Crippen LogP contribution >= 0.6 is 0 Å². The van der Waals surface area contributed by atoms with E-state index >= 15 is 0 Å². The zero-order chi connectivity index (χ0) is 43.2. The lowest BCUT2D eigenvalue weighted by atomic mass is 9.92. The molecule has 10 amide bonds. The van der Waals surface area contributed by atoms with Gasteiger partial charge in [0.25, 0.3) is 23.6 Å². The number of nitrogens with zero attached hydrogens (tertiary/aromatic N) is 2. The van der Waals surface area contributed by atoms with E-state index in [0.29, 0.717) is 13.1 Å². The van der Waals surface area contributed by atoms with Gasteiger partial charge in [0.15, 0.2) is 0 Å². The van der Waals surface area contributed by atoms with E-state index in [1.54, 1.807) is 13.8 Å². The van der Waals surface area contributed by atoms with Crippen molar-refractivity contribution in [2.24, 2.45) is 5.92 Å². The first kappa shape index (κ1) is 47.4. The Morgan fingerprint density at radius 1 is 0.603 bits per heavy atom. The van der Waals surface area contributed by atoms with Gasteiger partial charge in [-0.05, 0) is 20.3 Å². The number of nitrogens with one attached hydrogen (secondary N) is 6. The van der Waals surface area contributed by atoms with E-state index in [1.807, 2.05) is 0 Å². The van der Waals surface area contributed by atoms with E-state index in [0.717, 1.165) is 34.1 Å². The highest BCUT2D eigenvalue weighted by Gasteiger charge is 2.28. The van der Waals surface area contributed by atoms with E-state index < -0.39 is 90.1 Å².